The minimum Gasteiger partial charge on any atom is -0.452 e. The van der Waals surface area contributed by atoms with Crippen LogP contribution in [-0.2, 0) is 16.0 Å². The van der Waals surface area contributed by atoms with Gasteiger partial charge in [0.05, 0.1) is 17.1 Å². The smallest absolute Gasteiger partial charge is 0.339 e. The summed E-state index contributed by atoms with van der Waals surface area (Å²) in [5.74, 6) is -0.868. The van der Waals surface area contributed by atoms with E-state index in [0.29, 0.717) is 10.9 Å². The zero-order valence-electron chi connectivity index (χ0n) is 16.4. The Kier molecular flexibility index (Phi) is 6.04. The Morgan fingerprint density at radius 2 is 1.82 bits per heavy atom. The van der Waals surface area contributed by atoms with Gasteiger partial charge in [-0.05, 0) is 43.5 Å². The van der Waals surface area contributed by atoms with Gasteiger partial charge >= 0.3 is 5.97 Å². The SMILES string of the molecule is CCc1ccc([C@@H](C)NC(=O)COC(=O)c2cc(C)nc3ccccc23)cc1. The van der Waals surface area contributed by atoms with Gasteiger partial charge in [-0.1, -0.05) is 49.4 Å². The van der Waals surface area contributed by atoms with Crippen LogP contribution in [0.4, 0.5) is 0 Å². The van der Waals surface area contributed by atoms with Crippen molar-refractivity contribution in [2.24, 2.45) is 0 Å². The van der Waals surface area contributed by atoms with Gasteiger partial charge in [0, 0.05) is 11.1 Å². The van der Waals surface area contributed by atoms with E-state index in [0.717, 1.165) is 23.2 Å². The van der Waals surface area contributed by atoms with E-state index in [2.05, 4.69) is 29.4 Å². The highest BCUT2D eigenvalue weighted by Crippen LogP contribution is 2.19. The van der Waals surface area contributed by atoms with Crippen molar-refractivity contribution in [3.05, 3.63) is 77.0 Å². The van der Waals surface area contributed by atoms with Gasteiger partial charge in [0.1, 0.15) is 0 Å². The van der Waals surface area contributed by atoms with Crippen molar-refractivity contribution in [2.45, 2.75) is 33.2 Å². The highest BCUT2D eigenvalue weighted by molar-refractivity contribution is 6.04. The molecule has 144 valence electrons. The molecule has 0 unspecified atom stereocenters. The maximum atomic E-state index is 12.5. The number of pyridine rings is 1. The van der Waals surface area contributed by atoms with Crippen LogP contribution in [0.25, 0.3) is 10.9 Å². The molecule has 3 rings (SSSR count). The topological polar surface area (TPSA) is 68.3 Å². The number of hydrogen-bond donors (Lipinski definition) is 1. The number of amides is 1. The van der Waals surface area contributed by atoms with E-state index in [1.54, 1.807) is 6.07 Å². The number of carbonyl (C=O) groups excluding carboxylic acids is 2. The number of aromatic nitrogens is 1. The molecule has 0 aliphatic rings. The number of nitrogens with zero attached hydrogens (tertiary/aromatic N) is 1. The lowest BCUT2D eigenvalue weighted by atomic mass is 10.1. The first-order chi connectivity index (χ1) is 13.5. The van der Waals surface area contributed by atoms with Crippen LogP contribution in [0.15, 0.2) is 54.6 Å². The van der Waals surface area contributed by atoms with Crippen LogP contribution in [0.1, 0.15) is 47.1 Å². The second-order valence-corrected chi connectivity index (χ2v) is 6.79. The average Bonchev–Trinajstić information content (AvgIpc) is 2.71. The van der Waals surface area contributed by atoms with Crippen LogP contribution in [0.2, 0.25) is 0 Å². The molecule has 28 heavy (non-hydrogen) atoms. The van der Waals surface area contributed by atoms with E-state index >= 15 is 0 Å². The quantitative estimate of drug-likeness (QED) is 0.657. The third-order valence-electron chi connectivity index (χ3n) is 4.66. The minimum absolute atomic E-state index is 0.166. The Morgan fingerprint density at radius 3 is 2.54 bits per heavy atom. The lowest BCUT2D eigenvalue weighted by molar-refractivity contribution is -0.124. The molecule has 3 aromatic rings. The second-order valence-electron chi connectivity index (χ2n) is 6.79. The molecule has 0 radical (unpaired) electrons. The number of benzene rings is 2. The number of hydrogen-bond acceptors (Lipinski definition) is 4. The molecule has 0 aliphatic heterocycles. The molecule has 1 heterocycles. The number of aryl methyl sites for hydroxylation is 2. The molecule has 0 spiro atoms. The summed E-state index contributed by atoms with van der Waals surface area (Å²) in [4.78, 5) is 29.1. The predicted octanol–water partition coefficient (Wildman–Crippen LogP) is 4.14. The maximum Gasteiger partial charge on any atom is 0.339 e. The second kappa shape index (κ2) is 8.65. The van der Waals surface area contributed by atoms with Crippen LogP contribution in [-0.4, -0.2) is 23.5 Å². The van der Waals surface area contributed by atoms with Gasteiger partial charge in [0.15, 0.2) is 6.61 Å². The summed E-state index contributed by atoms with van der Waals surface area (Å²) in [5, 5.41) is 3.57. The van der Waals surface area contributed by atoms with Gasteiger partial charge < -0.3 is 10.1 Å². The van der Waals surface area contributed by atoms with Crippen molar-refractivity contribution < 1.29 is 14.3 Å². The summed E-state index contributed by atoms with van der Waals surface area (Å²) >= 11 is 0. The largest absolute Gasteiger partial charge is 0.452 e. The van der Waals surface area contributed by atoms with Gasteiger partial charge in [-0.2, -0.15) is 0 Å². The molecule has 1 amide bonds. The predicted molar refractivity (Wildman–Crippen MR) is 109 cm³/mol. The van der Waals surface area contributed by atoms with Crippen molar-refractivity contribution in [1.82, 2.24) is 10.3 Å². The minimum atomic E-state index is -0.531. The molecule has 0 bridgehead atoms. The highest BCUT2D eigenvalue weighted by Gasteiger charge is 2.16. The molecule has 5 nitrogen and oxygen atoms in total. The lowest BCUT2D eigenvalue weighted by Crippen LogP contribution is -2.31. The molecular weight excluding hydrogens is 352 g/mol. The van der Waals surface area contributed by atoms with Gasteiger partial charge in [-0.3, -0.25) is 9.78 Å². The standard InChI is InChI=1S/C23H24N2O3/c1-4-17-9-11-18(12-10-17)16(3)25-22(26)14-28-23(27)20-13-15(2)24-21-8-6-5-7-19(20)21/h5-13,16H,4,14H2,1-3H3,(H,25,26)/t16-/m1/s1. The first-order valence-electron chi connectivity index (χ1n) is 9.39. The monoisotopic (exact) mass is 376 g/mol. The van der Waals surface area contributed by atoms with E-state index in [9.17, 15) is 9.59 Å². The molecule has 0 saturated carbocycles. The van der Waals surface area contributed by atoms with Gasteiger partial charge in [0.25, 0.3) is 5.91 Å². The number of carbonyl (C=O) groups is 2. The molecular formula is C23H24N2O3. The fraction of sp³-hybridized carbons (Fsp3) is 0.261. The Balaban J connectivity index is 1.62. The van der Waals surface area contributed by atoms with Crippen molar-refractivity contribution in [2.75, 3.05) is 6.61 Å². The summed E-state index contributed by atoms with van der Waals surface area (Å²) < 4.78 is 5.25. The maximum absolute atomic E-state index is 12.5. The number of esters is 1. The number of nitrogens with one attached hydrogen (secondary N) is 1. The summed E-state index contributed by atoms with van der Waals surface area (Å²) in [6, 6.07) is 17.0. The van der Waals surface area contributed by atoms with E-state index < -0.39 is 5.97 Å². The number of ether oxygens (including phenoxy) is 1. The molecule has 0 saturated heterocycles. The first-order valence-corrected chi connectivity index (χ1v) is 9.39. The van der Waals surface area contributed by atoms with Crippen LogP contribution in [0, 0.1) is 6.92 Å². The molecule has 0 aliphatic carbocycles. The van der Waals surface area contributed by atoms with Crippen molar-refractivity contribution in [3.63, 3.8) is 0 Å². The van der Waals surface area contributed by atoms with Crippen molar-refractivity contribution in [1.29, 1.82) is 0 Å². The fourth-order valence-electron chi connectivity index (χ4n) is 3.09. The van der Waals surface area contributed by atoms with Crippen LogP contribution in [0.5, 0.6) is 0 Å². The summed E-state index contributed by atoms with van der Waals surface area (Å²) in [5.41, 5.74) is 4.12. The highest BCUT2D eigenvalue weighted by atomic mass is 16.5. The van der Waals surface area contributed by atoms with Gasteiger partial charge in [-0.15, -0.1) is 0 Å². The van der Waals surface area contributed by atoms with Crippen LogP contribution in [0.3, 0.4) is 0 Å². The normalized spacial score (nSPS) is 11.8. The molecule has 1 atom stereocenters. The third-order valence-corrected chi connectivity index (χ3v) is 4.66. The third kappa shape index (κ3) is 4.55. The molecule has 2 aromatic carbocycles. The van der Waals surface area contributed by atoms with Crippen LogP contribution < -0.4 is 5.32 Å². The Labute approximate surface area is 164 Å². The van der Waals surface area contributed by atoms with E-state index in [-0.39, 0.29) is 18.6 Å². The summed E-state index contributed by atoms with van der Waals surface area (Å²) in [7, 11) is 0. The number of rotatable bonds is 6. The fourth-order valence-corrected chi connectivity index (χ4v) is 3.09. The number of para-hydroxylation sites is 1. The van der Waals surface area contributed by atoms with E-state index in [1.807, 2.05) is 50.2 Å². The molecule has 5 heteroatoms. The van der Waals surface area contributed by atoms with E-state index in [1.165, 1.54) is 5.56 Å². The number of fused-ring (bicyclic) bond motifs is 1. The summed E-state index contributed by atoms with van der Waals surface area (Å²) in [6.45, 7) is 5.50. The molecule has 1 aromatic heterocycles. The van der Waals surface area contributed by atoms with Gasteiger partial charge in [0.2, 0.25) is 0 Å². The van der Waals surface area contributed by atoms with E-state index in [4.69, 9.17) is 4.74 Å². The zero-order valence-corrected chi connectivity index (χ0v) is 16.4. The molecule has 0 fully saturated rings. The van der Waals surface area contributed by atoms with Crippen molar-refractivity contribution >= 4 is 22.8 Å². The zero-order chi connectivity index (χ0) is 20.1. The Bertz CT molecular complexity index is 996. The lowest BCUT2D eigenvalue weighted by Gasteiger charge is -2.15. The van der Waals surface area contributed by atoms with Gasteiger partial charge in [-0.25, -0.2) is 4.79 Å². The summed E-state index contributed by atoms with van der Waals surface area (Å²) in [6.07, 6.45) is 0.972. The average molecular weight is 376 g/mol. The Morgan fingerprint density at radius 1 is 1.11 bits per heavy atom. The Hall–Kier alpha value is -3.21. The van der Waals surface area contributed by atoms with Crippen molar-refractivity contribution in [3.8, 4) is 0 Å². The van der Waals surface area contributed by atoms with Crippen LogP contribution >= 0.6 is 0 Å². The molecule has 1 N–H and O–H groups in total. The first kappa shape index (κ1) is 19.5.